The van der Waals surface area contributed by atoms with E-state index in [0.717, 1.165) is 74.3 Å². The van der Waals surface area contributed by atoms with Crippen molar-refractivity contribution < 1.29 is 4.79 Å². The van der Waals surface area contributed by atoms with Gasteiger partial charge in [0.2, 0.25) is 0 Å². The highest BCUT2D eigenvalue weighted by molar-refractivity contribution is 5.87. The van der Waals surface area contributed by atoms with Crippen molar-refractivity contribution in [2.75, 3.05) is 32.7 Å². The fourth-order valence-electron chi connectivity index (χ4n) is 5.84. The van der Waals surface area contributed by atoms with Crippen LogP contribution >= 0.6 is 0 Å². The van der Waals surface area contributed by atoms with E-state index in [2.05, 4.69) is 57.1 Å². The summed E-state index contributed by atoms with van der Waals surface area (Å²) in [6.07, 6.45) is 8.15. The number of benzene rings is 1. The van der Waals surface area contributed by atoms with E-state index in [1.54, 1.807) is 0 Å². The number of piperidine rings is 2. The molecule has 2 aromatic heterocycles. The number of carbonyl (C=O) groups is 1. The zero-order valence-corrected chi connectivity index (χ0v) is 22.1. The predicted molar refractivity (Wildman–Crippen MR) is 144 cm³/mol. The summed E-state index contributed by atoms with van der Waals surface area (Å²) >= 11 is 0. The van der Waals surface area contributed by atoms with Crippen LogP contribution in [0.5, 0.6) is 0 Å². The maximum Gasteiger partial charge on any atom is 0.142 e. The first kappa shape index (κ1) is 25.0. The molecule has 1 aromatic carbocycles. The van der Waals surface area contributed by atoms with Crippen molar-refractivity contribution in [2.24, 2.45) is 18.9 Å². The van der Waals surface area contributed by atoms with Gasteiger partial charge >= 0.3 is 0 Å². The van der Waals surface area contributed by atoms with Gasteiger partial charge in [-0.15, -0.1) is 0 Å². The standard InChI is InChI=1S/C29H40N6O/c1-21(2)19-35-13-9-22(10-14-35)29(36)17-25-16-24-15-23(7-8-27(24)32-31-25)26-18-30-33(3)28(26)20-34-11-5-4-6-12-34/h7-8,15-16,18,21-22H,4-6,9-14,17,19-20H2,1-3H3. The van der Waals surface area contributed by atoms with Crippen LogP contribution in [0.3, 0.4) is 0 Å². The molecular formula is C29H40N6O. The highest BCUT2D eigenvalue weighted by Gasteiger charge is 2.25. The lowest BCUT2D eigenvalue weighted by Gasteiger charge is -2.32. The number of carbonyl (C=O) groups excluding carboxylic acids is 1. The minimum Gasteiger partial charge on any atom is -0.303 e. The third kappa shape index (κ3) is 5.84. The topological polar surface area (TPSA) is 67.2 Å². The number of aromatic nitrogens is 4. The van der Waals surface area contributed by atoms with Gasteiger partial charge in [0.15, 0.2) is 0 Å². The molecule has 2 saturated heterocycles. The third-order valence-corrected chi connectivity index (χ3v) is 7.85. The molecule has 0 unspecified atom stereocenters. The molecule has 0 spiro atoms. The summed E-state index contributed by atoms with van der Waals surface area (Å²) in [7, 11) is 2.03. The lowest BCUT2D eigenvalue weighted by atomic mass is 9.90. The van der Waals surface area contributed by atoms with Gasteiger partial charge in [-0.3, -0.25) is 14.4 Å². The van der Waals surface area contributed by atoms with E-state index in [9.17, 15) is 4.79 Å². The van der Waals surface area contributed by atoms with E-state index in [4.69, 9.17) is 0 Å². The van der Waals surface area contributed by atoms with Crippen LogP contribution in [-0.2, 0) is 24.8 Å². The summed E-state index contributed by atoms with van der Waals surface area (Å²) in [5.41, 5.74) is 5.20. The Morgan fingerprint density at radius 1 is 1.00 bits per heavy atom. The Hall–Kier alpha value is -2.64. The molecule has 5 rings (SSSR count). The van der Waals surface area contributed by atoms with Crippen LogP contribution < -0.4 is 0 Å². The molecular weight excluding hydrogens is 448 g/mol. The molecule has 0 amide bonds. The zero-order chi connectivity index (χ0) is 25.1. The summed E-state index contributed by atoms with van der Waals surface area (Å²) in [6.45, 7) is 10.9. The van der Waals surface area contributed by atoms with Crippen molar-refractivity contribution in [3.63, 3.8) is 0 Å². The van der Waals surface area contributed by atoms with E-state index in [1.165, 1.54) is 30.5 Å². The normalized spacial score (nSPS) is 18.3. The number of Topliss-reactive ketones (excluding diaryl/α,β-unsaturated/α-hetero) is 1. The fourth-order valence-corrected chi connectivity index (χ4v) is 5.84. The Morgan fingerprint density at radius 3 is 2.53 bits per heavy atom. The second-order valence-corrected chi connectivity index (χ2v) is 11.2. The van der Waals surface area contributed by atoms with Crippen LogP contribution in [-0.4, -0.2) is 68.3 Å². The SMILES string of the molecule is CC(C)CN1CCC(C(=O)Cc2cc3cc(-c4cnn(C)c4CN4CCCCC4)ccc3nn2)CC1. The second kappa shape index (κ2) is 11.2. The second-order valence-electron chi connectivity index (χ2n) is 11.2. The Kier molecular flexibility index (Phi) is 7.77. The molecule has 0 atom stereocenters. The number of ketones is 1. The number of rotatable bonds is 8. The van der Waals surface area contributed by atoms with Gasteiger partial charge in [-0.05, 0) is 81.5 Å². The molecule has 2 fully saturated rings. The lowest BCUT2D eigenvalue weighted by molar-refractivity contribution is -0.123. The Bertz CT molecular complexity index is 1190. The monoisotopic (exact) mass is 488 g/mol. The summed E-state index contributed by atoms with van der Waals surface area (Å²) in [5.74, 6) is 1.12. The van der Waals surface area contributed by atoms with Crippen LogP contribution in [0.1, 0.15) is 57.3 Å². The first-order valence-corrected chi connectivity index (χ1v) is 13.7. The molecule has 7 nitrogen and oxygen atoms in total. The fraction of sp³-hybridized carbons (Fsp3) is 0.586. The first-order valence-electron chi connectivity index (χ1n) is 13.7. The van der Waals surface area contributed by atoms with Gasteiger partial charge in [0.1, 0.15) is 5.78 Å². The van der Waals surface area contributed by atoms with Crippen molar-refractivity contribution in [1.29, 1.82) is 0 Å². The number of nitrogens with zero attached hydrogens (tertiary/aromatic N) is 6. The van der Waals surface area contributed by atoms with Crippen LogP contribution in [0.2, 0.25) is 0 Å². The molecule has 0 aliphatic carbocycles. The lowest BCUT2D eigenvalue weighted by Crippen LogP contribution is -2.38. The smallest absolute Gasteiger partial charge is 0.142 e. The van der Waals surface area contributed by atoms with Crippen molar-refractivity contribution in [1.82, 2.24) is 29.8 Å². The Balaban J connectivity index is 1.30. The van der Waals surface area contributed by atoms with E-state index in [-0.39, 0.29) is 5.92 Å². The quantitative estimate of drug-likeness (QED) is 0.465. The average Bonchev–Trinajstić information content (AvgIpc) is 3.24. The zero-order valence-electron chi connectivity index (χ0n) is 22.1. The molecule has 4 heterocycles. The molecule has 192 valence electrons. The van der Waals surface area contributed by atoms with E-state index >= 15 is 0 Å². The van der Waals surface area contributed by atoms with E-state index < -0.39 is 0 Å². The molecule has 3 aromatic rings. The number of hydrogen-bond donors (Lipinski definition) is 0. The molecule has 0 N–H and O–H groups in total. The molecule has 2 aliphatic rings. The predicted octanol–water partition coefficient (Wildman–Crippen LogP) is 4.50. The highest BCUT2D eigenvalue weighted by atomic mass is 16.1. The Labute approximate surface area is 214 Å². The van der Waals surface area contributed by atoms with Crippen LogP contribution in [0.25, 0.3) is 22.0 Å². The first-order chi connectivity index (χ1) is 17.5. The van der Waals surface area contributed by atoms with Gasteiger partial charge in [-0.1, -0.05) is 26.3 Å². The number of likely N-dealkylation sites (tertiary alicyclic amines) is 2. The molecule has 0 saturated carbocycles. The minimum atomic E-state index is 0.144. The maximum atomic E-state index is 13.1. The minimum absolute atomic E-state index is 0.144. The van der Waals surface area contributed by atoms with E-state index in [1.807, 2.05) is 24.0 Å². The number of fused-ring (bicyclic) bond motifs is 1. The number of hydrogen-bond acceptors (Lipinski definition) is 6. The largest absolute Gasteiger partial charge is 0.303 e. The molecule has 2 aliphatic heterocycles. The summed E-state index contributed by atoms with van der Waals surface area (Å²) < 4.78 is 2.01. The van der Waals surface area contributed by atoms with Crippen molar-refractivity contribution in [3.05, 3.63) is 41.9 Å². The van der Waals surface area contributed by atoms with Crippen LogP contribution in [0, 0.1) is 11.8 Å². The van der Waals surface area contributed by atoms with Gasteiger partial charge in [0.05, 0.1) is 29.5 Å². The molecule has 36 heavy (non-hydrogen) atoms. The van der Waals surface area contributed by atoms with Gasteiger partial charge < -0.3 is 4.90 Å². The summed E-state index contributed by atoms with van der Waals surface area (Å²) in [5, 5.41) is 14.4. The van der Waals surface area contributed by atoms with E-state index in [0.29, 0.717) is 18.1 Å². The van der Waals surface area contributed by atoms with Crippen molar-refractivity contribution >= 4 is 16.7 Å². The van der Waals surface area contributed by atoms with Crippen molar-refractivity contribution in [3.8, 4) is 11.1 Å². The highest BCUT2D eigenvalue weighted by Crippen LogP contribution is 2.28. The van der Waals surface area contributed by atoms with Crippen LogP contribution in [0.15, 0.2) is 30.5 Å². The van der Waals surface area contributed by atoms with Gasteiger partial charge in [-0.2, -0.15) is 15.3 Å². The summed E-state index contributed by atoms with van der Waals surface area (Å²) in [4.78, 5) is 18.1. The van der Waals surface area contributed by atoms with Gasteiger partial charge in [-0.25, -0.2) is 0 Å². The molecule has 0 bridgehead atoms. The van der Waals surface area contributed by atoms with Crippen molar-refractivity contribution in [2.45, 2.75) is 58.9 Å². The maximum absolute atomic E-state index is 13.1. The number of aryl methyl sites for hydroxylation is 1. The Morgan fingerprint density at radius 2 is 1.78 bits per heavy atom. The molecule has 0 radical (unpaired) electrons. The summed E-state index contributed by atoms with van der Waals surface area (Å²) in [6, 6.07) is 8.38. The average molecular weight is 489 g/mol. The van der Waals surface area contributed by atoms with Gasteiger partial charge in [0.25, 0.3) is 0 Å². The molecule has 7 heteroatoms. The third-order valence-electron chi connectivity index (χ3n) is 7.85. The van der Waals surface area contributed by atoms with Crippen LogP contribution in [0.4, 0.5) is 0 Å². The van der Waals surface area contributed by atoms with Gasteiger partial charge in [0, 0.05) is 37.0 Å².